The van der Waals surface area contributed by atoms with E-state index < -0.39 is 16.1 Å². The number of benzene rings is 2. The van der Waals surface area contributed by atoms with Gasteiger partial charge in [-0.2, -0.15) is 0 Å². The number of aryl methyl sites for hydroxylation is 3. The number of amides is 1. The number of nitrogens with one attached hydrogen (secondary N) is 1. The molecule has 0 aliphatic carbocycles. The molecule has 0 aromatic heterocycles. The van der Waals surface area contributed by atoms with Crippen LogP contribution in [-0.4, -0.2) is 26.6 Å². The number of carbonyl (C=O) groups excluding carboxylic acids is 1. The summed E-state index contributed by atoms with van der Waals surface area (Å²) in [5.74, 6) is -0.381. The highest BCUT2D eigenvalue weighted by molar-refractivity contribution is 7.92. The largest absolute Gasteiger partial charge is 0.324 e. The van der Waals surface area contributed by atoms with E-state index in [4.69, 9.17) is 11.6 Å². The molecule has 146 valence electrons. The van der Waals surface area contributed by atoms with Crippen LogP contribution in [0.4, 0.5) is 11.4 Å². The first-order chi connectivity index (χ1) is 12.5. The molecule has 2 aromatic carbocycles. The van der Waals surface area contributed by atoms with E-state index in [1.165, 1.54) is 0 Å². The maximum atomic E-state index is 13.0. The summed E-state index contributed by atoms with van der Waals surface area (Å²) in [6.07, 6.45) is 1.41. The van der Waals surface area contributed by atoms with E-state index >= 15 is 0 Å². The maximum Gasteiger partial charge on any atom is 0.248 e. The molecule has 1 amide bonds. The number of carbonyl (C=O) groups is 1. The van der Waals surface area contributed by atoms with Gasteiger partial charge in [-0.05, 0) is 62.1 Å². The van der Waals surface area contributed by atoms with Crippen LogP contribution in [0.15, 0.2) is 36.4 Å². The van der Waals surface area contributed by atoms with Gasteiger partial charge in [0.25, 0.3) is 0 Å². The van der Waals surface area contributed by atoms with Crippen molar-refractivity contribution in [2.75, 3.05) is 15.9 Å². The predicted molar refractivity (Wildman–Crippen MR) is 112 cm³/mol. The number of nitrogens with zero attached hydrogens (tertiary/aromatic N) is 1. The smallest absolute Gasteiger partial charge is 0.248 e. The first kappa shape index (κ1) is 21.3. The minimum absolute atomic E-state index is 0.315. The molecule has 0 heterocycles. The Labute approximate surface area is 166 Å². The van der Waals surface area contributed by atoms with E-state index in [-0.39, 0.29) is 5.91 Å². The van der Waals surface area contributed by atoms with Crippen molar-refractivity contribution in [3.63, 3.8) is 0 Å². The summed E-state index contributed by atoms with van der Waals surface area (Å²) in [7, 11) is -3.70. The van der Waals surface area contributed by atoms with Crippen LogP contribution in [0.25, 0.3) is 0 Å². The van der Waals surface area contributed by atoms with Crippen LogP contribution in [0.5, 0.6) is 0 Å². The predicted octanol–water partition coefficient (Wildman–Crippen LogP) is 4.45. The number of halogens is 1. The van der Waals surface area contributed by atoms with Crippen LogP contribution in [0.1, 0.15) is 30.0 Å². The van der Waals surface area contributed by atoms with Crippen molar-refractivity contribution < 1.29 is 13.2 Å². The van der Waals surface area contributed by atoms with Crippen LogP contribution >= 0.6 is 11.6 Å². The third-order valence-electron chi connectivity index (χ3n) is 4.39. The first-order valence-corrected chi connectivity index (χ1v) is 10.9. The number of hydrogen-bond donors (Lipinski definition) is 1. The first-order valence-electron chi connectivity index (χ1n) is 8.68. The van der Waals surface area contributed by atoms with Gasteiger partial charge in [-0.3, -0.25) is 9.10 Å². The van der Waals surface area contributed by atoms with Gasteiger partial charge >= 0.3 is 0 Å². The van der Waals surface area contributed by atoms with Gasteiger partial charge in [0.05, 0.1) is 11.9 Å². The second kappa shape index (κ2) is 8.31. The lowest BCUT2D eigenvalue weighted by Gasteiger charge is -2.30. The van der Waals surface area contributed by atoms with Crippen molar-refractivity contribution in [2.45, 2.75) is 40.2 Å². The number of sulfonamides is 1. The summed E-state index contributed by atoms with van der Waals surface area (Å²) in [4.78, 5) is 13.0. The molecule has 2 aromatic rings. The standard InChI is InChI=1S/C20H25ClN2O3S/c1-6-19(20(24)22-18-11-13(2)7-8-15(18)4)23(27(5,25)26)16-10-9-14(3)17(21)12-16/h7-12,19H,6H2,1-5H3,(H,22,24)/t19-/m0/s1. The molecule has 7 heteroatoms. The summed E-state index contributed by atoms with van der Waals surface area (Å²) >= 11 is 6.18. The summed E-state index contributed by atoms with van der Waals surface area (Å²) in [6.45, 7) is 7.44. The van der Waals surface area contributed by atoms with Crippen LogP contribution in [-0.2, 0) is 14.8 Å². The highest BCUT2D eigenvalue weighted by Crippen LogP contribution is 2.28. The lowest BCUT2D eigenvalue weighted by molar-refractivity contribution is -0.117. The molecular formula is C20H25ClN2O3S. The van der Waals surface area contributed by atoms with E-state index in [0.29, 0.717) is 22.8 Å². The molecule has 0 fully saturated rings. The molecule has 0 radical (unpaired) electrons. The Morgan fingerprint density at radius 2 is 1.74 bits per heavy atom. The Kier molecular flexibility index (Phi) is 6.54. The van der Waals surface area contributed by atoms with Crippen molar-refractivity contribution in [3.8, 4) is 0 Å². The lowest BCUT2D eigenvalue weighted by atomic mass is 10.1. The van der Waals surface area contributed by atoms with E-state index in [1.54, 1.807) is 25.1 Å². The fraction of sp³-hybridized carbons (Fsp3) is 0.350. The van der Waals surface area contributed by atoms with Gasteiger partial charge in [0.15, 0.2) is 0 Å². The molecule has 5 nitrogen and oxygen atoms in total. The molecule has 0 saturated carbocycles. The Morgan fingerprint density at radius 1 is 1.11 bits per heavy atom. The average molecular weight is 409 g/mol. The van der Waals surface area contributed by atoms with E-state index in [1.807, 2.05) is 39.0 Å². The van der Waals surface area contributed by atoms with Crippen molar-refractivity contribution in [1.82, 2.24) is 0 Å². The van der Waals surface area contributed by atoms with Crippen LogP contribution in [0, 0.1) is 20.8 Å². The third-order valence-corrected chi connectivity index (χ3v) is 5.98. The van der Waals surface area contributed by atoms with Crippen LogP contribution in [0.3, 0.4) is 0 Å². The molecule has 0 bridgehead atoms. The van der Waals surface area contributed by atoms with Gasteiger partial charge in [-0.15, -0.1) is 0 Å². The molecule has 2 rings (SSSR count). The maximum absolute atomic E-state index is 13.0. The zero-order chi connectivity index (χ0) is 20.4. The Bertz CT molecular complexity index is 958. The SMILES string of the molecule is CC[C@@H](C(=O)Nc1cc(C)ccc1C)N(c1ccc(C)c(Cl)c1)S(C)(=O)=O. The Hall–Kier alpha value is -2.05. The van der Waals surface area contributed by atoms with Crippen molar-refractivity contribution in [2.24, 2.45) is 0 Å². The Balaban J connectivity index is 2.44. The van der Waals surface area contributed by atoms with Crippen molar-refractivity contribution in [1.29, 1.82) is 0 Å². The van der Waals surface area contributed by atoms with E-state index in [2.05, 4.69) is 5.32 Å². The number of hydrogen-bond acceptors (Lipinski definition) is 3. The molecule has 1 N–H and O–H groups in total. The molecule has 0 saturated heterocycles. The fourth-order valence-electron chi connectivity index (χ4n) is 2.87. The second-order valence-electron chi connectivity index (χ2n) is 6.72. The van der Waals surface area contributed by atoms with Gasteiger partial charge in [0.1, 0.15) is 6.04 Å². The van der Waals surface area contributed by atoms with Gasteiger partial charge in [-0.1, -0.05) is 36.7 Å². The third kappa shape index (κ3) is 5.02. The molecule has 0 spiro atoms. The zero-order valence-corrected chi connectivity index (χ0v) is 17.8. The fourth-order valence-corrected chi connectivity index (χ4v) is 4.24. The van der Waals surface area contributed by atoms with E-state index in [0.717, 1.165) is 27.3 Å². The topological polar surface area (TPSA) is 66.5 Å². The molecule has 0 aliphatic heterocycles. The molecule has 0 aliphatic rings. The molecule has 27 heavy (non-hydrogen) atoms. The van der Waals surface area contributed by atoms with Crippen LogP contribution < -0.4 is 9.62 Å². The monoisotopic (exact) mass is 408 g/mol. The summed E-state index contributed by atoms with van der Waals surface area (Å²) in [6, 6.07) is 9.83. The van der Waals surface area contributed by atoms with Crippen molar-refractivity contribution in [3.05, 3.63) is 58.1 Å². The number of rotatable bonds is 6. The highest BCUT2D eigenvalue weighted by Gasteiger charge is 2.32. The quantitative estimate of drug-likeness (QED) is 0.767. The summed E-state index contributed by atoms with van der Waals surface area (Å²) in [5, 5.41) is 3.32. The highest BCUT2D eigenvalue weighted by atomic mass is 35.5. The lowest BCUT2D eigenvalue weighted by Crippen LogP contribution is -2.47. The molecule has 0 unspecified atom stereocenters. The molecular weight excluding hydrogens is 384 g/mol. The van der Waals surface area contributed by atoms with Gasteiger partial charge in [0, 0.05) is 10.7 Å². The van der Waals surface area contributed by atoms with Crippen molar-refractivity contribution >= 4 is 38.9 Å². The van der Waals surface area contributed by atoms with Gasteiger partial charge < -0.3 is 5.32 Å². The zero-order valence-electron chi connectivity index (χ0n) is 16.2. The second-order valence-corrected chi connectivity index (χ2v) is 8.99. The van der Waals surface area contributed by atoms with Gasteiger partial charge in [-0.25, -0.2) is 8.42 Å². The minimum Gasteiger partial charge on any atom is -0.324 e. The minimum atomic E-state index is -3.70. The van der Waals surface area contributed by atoms with Gasteiger partial charge in [0.2, 0.25) is 15.9 Å². The number of anilines is 2. The summed E-state index contributed by atoms with van der Waals surface area (Å²) in [5.41, 5.74) is 3.80. The average Bonchev–Trinajstić information content (AvgIpc) is 2.57. The Morgan fingerprint density at radius 3 is 2.30 bits per heavy atom. The normalized spacial score (nSPS) is 12.5. The molecule has 1 atom stereocenters. The van der Waals surface area contributed by atoms with E-state index in [9.17, 15) is 13.2 Å². The van der Waals surface area contributed by atoms with Crippen LogP contribution in [0.2, 0.25) is 5.02 Å². The summed E-state index contributed by atoms with van der Waals surface area (Å²) < 4.78 is 26.2.